The van der Waals surface area contributed by atoms with Crippen molar-refractivity contribution in [1.82, 2.24) is 5.43 Å². The van der Waals surface area contributed by atoms with Gasteiger partial charge in [0.2, 0.25) is 5.96 Å². The Balaban J connectivity index is 2.14. The number of hydrogen-bond acceptors (Lipinski definition) is 2. The van der Waals surface area contributed by atoms with E-state index in [1.165, 1.54) is 0 Å². The van der Waals surface area contributed by atoms with Gasteiger partial charge in [-0.15, -0.1) is 0 Å². The van der Waals surface area contributed by atoms with E-state index in [-0.39, 0.29) is 0 Å². The molecule has 16 heavy (non-hydrogen) atoms. The van der Waals surface area contributed by atoms with Crippen LogP contribution >= 0.6 is 27.5 Å². The topological polar surface area (TPSA) is 62.4 Å². The van der Waals surface area contributed by atoms with Gasteiger partial charge < -0.3 is 5.32 Å². The van der Waals surface area contributed by atoms with Crippen molar-refractivity contribution >= 4 is 39.2 Å². The van der Waals surface area contributed by atoms with Crippen molar-refractivity contribution in [2.24, 2.45) is 10.8 Å². The van der Waals surface area contributed by atoms with Crippen molar-refractivity contribution in [1.29, 1.82) is 0 Å². The molecule has 1 aromatic rings. The van der Waals surface area contributed by atoms with Gasteiger partial charge in [-0.2, -0.15) is 0 Å². The maximum absolute atomic E-state index is 5.91. The van der Waals surface area contributed by atoms with Gasteiger partial charge in [0.1, 0.15) is 0 Å². The van der Waals surface area contributed by atoms with E-state index in [4.69, 9.17) is 17.4 Å². The van der Waals surface area contributed by atoms with Crippen LogP contribution in [0.25, 0.3) is 0 Å². The number of rotatable bonds is 2. The smallest absolute Gasteiger partial charge is 0.210 e. The van der Waals surface area contributed by atoms with Gasteiger partial charge in [0.05, 0.1) is 11.7 Å². The summed E-state index contributed by atoms with van der Waals surface area (Å²) in [5.74, 6) is 5.95. The van der Waals surface area contributed by atoms with Gasteiger partial charge in [0, 0.05) is 9.50 Å². The Hall–Kier alpha value is -0.780. The molecule has 0 amide bonds. The predicted octanol–water partition coefficient (Wildman–Crippen LogP) is 2.50. The fourth-order valence-electron chi connectivity index (χ4n) is 1.21. The van der Waals surface area contributed by atoms with Crippen LogP contribution in [0, 0.1) is 0 Å². The van der Waals surface area contributed by atoms with Crippen LogP contribution in [-0.2, 0) is 0 Å². The lowest BCUT2D eigenvalue weighted by Crippen LogP contribution is -2.36. The van der Waals surface area contributed by atoms with E-state index >= 15 is 0 Å². The fraction of sp³-hybridized carbons (Fsp3) is 0.300. The summed E-state index contributed by atoms with van der Waals surface area (Å²) >= 11 is 9.33. The SMILES string of the molecule is NNC(=NC1CC1)Nc1cc(Cl)ccc1Br. The zero-order valence-electron chi connectivity index (χ0n) is 8.50. The summed E-state index contributed by atoms with van der Waals surface area (Å²) < 4.78 is 0.913. The van der Waals surface area contributed by atoms with Crippen molar-refractivity contribution < 1.29 is 0 Å². The highest BCUT2D eigenvalue weighted by molar-refractivity contribution is 9.10. The first-order valence-corrected chi connectivity index (χ1v) is 6.12. The predicted molar refractivity (Wildman–Crippen MR) is 70.6 cm³/mol. The Labute approximate surface area is 107 Å². The van der Waals surface area contributed by atoms with E-state index in [0.29, 0.717) is 17.0 Å². The second-order valence-electron chi connectivity index (χ2n) is 3.60. The Kier molecular flexibility index (Phi) is 3.68. The average molecular weight is 304 g/mol. The number of anilines is 1. The number of nitrogens with two attached hydrogens (primary N) is 1. The number of benzene rings is 1. The first-order valence-electron chi connectivity index (χ1n) is 4.95. The second-order valence-corrected chi connectivity index (χ2v) is 4.89. The molecule has 0 radical (unpaired) electrons. The quantitative estimate of drug-likeness (QED) is 0.340. The van der Waals surface area contributed by atoms with Crippen molar-refractivity contribution in [2.45, 2.75) is 18.9 Å². The molecule has 4 N–H and O–H groups in total. The first kappa shape index (κ1) is 11.7. The van der Waals surface area contributed by atoms with E-state index in [2.05, 4.69) is 31.7 Å². The van der Waals surface area contributed by atoms with Crippen LogP contribution in [0.5, 0.6) is 0 Å². The van der Waals surface area contributed by atoms with Gasteiger partial charge >= 0.3 is 0 Å². The molecule has 1 aromatic carbocycles. The molecule has 1 saturated carbocycles. The number of aliphatic imine (C=N–C) groups is 1. The van der Waals surface area contributed by atoms with Crippen LogP contribution in [-0.4, -0.2) is 12.0 Å². The van der Waals surface area contributed by atoms with Crippen molar-refractivity contribution in [3.8, 4) is 0 Å². The van der Waals surface area contributed by atoms with Crippen LogP contribution < -0.4 is 16.6 Å². The van der Waals surface area contributed by atoms with Gasteiger partial charge in [-0.3, -0.25) is 5.43 Å². The summed E-state index contributed by atoms with van der Waals surface area (Å²) in [5, 5.41) is 3.75. The van der Waals surface area contributed by atoms with E-state index < -0.39 is 0 Å². The lowest BCUT2D eigenvalue weighted by Gasteiger charge is -2.10. The molecule has 0 spiro atoms. The van der Waals surface area contributed by atoms with E-state index in [1.807, 2.05) is 18.2 Å². The monoisotopic (exact) mass is 302 g/mol. The van der Waals surface area contributed by atoms with E-state index in [1.54, 1.807) is 0 Å². The number of guanidine groups is 1. The number of hydrazine groups is 1. The van der Waals surface area contributed by atoms with Crippen LogP contribution in [0.15, 0.2) is 27.7 Å². The highest BCUT2D eigenvalue weighted by atomic mass is 79.9. The molecule has 6 heteroatoms. The minimum atomic E-state index is 0.400. The largest absolute Gasteiger partial charge is 0.324 e. The molecule has 0 bridgehead atoms. The summed E-state index contributed by atoms with van der Waals surface area (Å²) in [5.41, 5.74) is 3.38. The number of nitrogens with zero attached hydrogens (tertiary/aromatic N) is 1. The Morgan fingerprint density at radius 3 is 2.88 bits per heavy atom. The summed E-state index contributed by atoms with van der Waals surface area (Å²) in [6, 6.07) is 5.89. The van der Waals surface area contributed by atoms with Gasteiger partial charge in [-0.05, 0) is 47.0 Å². The van der Waals surface area contributed by atoms with E-state index in [0.717, 1.165) is 23.0 Å². The van der Waals surface area contributed by atoms with Crippen molar-refractivity contribution in [3.63, 3.8) is 0 Å². The van der Waals surface area contributed by atoms with Crippen LogP contribution in [0.4, 0.5) is 5.69 Å². The first-order chi connectivity index (χ1) is 7.69. The second kappa shape index (κ2) is 5.03. The standard InChI is InChI=1S/C10H12BrClN4/c11-8-4-1-6(12)5-9(8)15-10(16-13)14-7-2-3-7/h1,4-5,7H,2-3,13H2,(H2,14,15,16). The number of nitrogens with one attached hydrogen (secondary N) is 2. The molecule has 1 aliphatic carbocycles. The molecule has 0 saturated heterocycles. The fourth-order valence-corrected chi connectivity index (χ4v) is 1.73. The minimum Gasteiger partial charge on any atom is -0.324 e. The van der Waals surface area contributed by atoms with Crippen LogP contribution in [0.2, 0.25) is 5.02 Å². The zero-order chi connectivity index (χ0) is 11.5. The van der Waals surface area contributed by atoms with Crippen LogP contribution in [0.1, 0.15) is 12.8 Å². The van der Waals surface area contributed by atoms with E-state index in [9.17, 15) is 0 Å². The van der Waals surface area contributed by atoms with Crippen molar-refractivity contribution in [3.05, 3.63) is 27.7 Å². The molecule has 0 heterocycles. The van der Waals surface area contributed by atoms with Gasteiger partial charge in [-0.1, -0.05) is 11.6 Å². The molecular formula is C10H12BrClN4. The lowest BCUT2D eigenvalue weighted by atomic mass is 10.3. The normalized spacial score (nSPS) is 16.1. The maximum Gasteiger partial charge on any atom is 0.210 e. The molecular weight excluding hydrogens is 291 g/mol. The highest BCUT2D eigenvalue weighted by Gasteiger charge is 2.21. The molecule has 86 valence electrons. The molecule has 1 aliphatic rings. The third-order valence-electron chi connectivity index (χ3n) is 2.18. The van der Waals surface area contributed by atoms with Crippen molar-refractivity contribution in [2.75, 3.05) is 5.32 Å². The Bertz CT molecular complexity index is 417. The lowest BCUT2D eigenvalue weighted by molar-refractivity contribution is 0.966. The molecule has 0 aliphatic heterocycles. The summed E-state index contributed by atoms with van der Waals surface area (Å²) in [6.07, 6.45) is 2.26. The maximum atomic E-state index is 5.91. The Morgan fingerprint density at radius 1 is 1.50 bits per heavy atom. The van der Waals surface area contributed by atoms with Gasteiger partial charge in [0.25, 0.3) is 0 Å². The summed E-state index contributed by atoms with van der Waals surface area (Å²) in [6.45, 7) is 0. The summed E-state index contributed by atoms with van der Waals surface area (Å²) in [4.78, 5) is 4.38. The Morgan fingerprint density at radius 2 is 2.25 bits per heavy atom. The molecule has 0 aromatic heterocycles. The average Bonchev–Trinajstić information content (AvgIpc) is 3.06. The zero-order valence-corrected chi connectivity index (χ0v) is 10.8. The summed E-state index contributed by atoms with van der Waals surface area (Å²) in [7, 11) is 0. The van der Waals surface area contributed by atoms with Gasteiger partial charge in [0.15, 0.2) is 0 Å². The number of hydrogen-bond donors (Lipinski definition) is 3. The molecule has 0 atom stereocenters. The molecule has 1 fully saturated rings. The minimum absolute atomic E-state index is 0.400. The van der Waals surface area contributed by atoms with Crippen LogP contribution in [0.3, 0.4) is 0 Å². The molecule has 2 rings (SSSR count). The number of halogens is 2. The highest BCUT2D eigenvalue weighted by Crippen LogP contribution is 2.27. The third kappa shape index (κ3) is 3.10. The molecule has 0 unspecified atom stereocenters. The van der Waals surface area contributed by atoms with Gasteiger partial charge in [-0.25, -0.2) is 10.8 Å². The third-order valence-corrected chi connectivity index (χ3v) is 3.10. The molecule has 4 nitrogen and oxygen atoms in total.